The van der Waals surface area contributed by atoms with Gasteiger partial charge in [-0.25, -0.2) is 4.98 Å². The number of aliphatic carboxylic acids is 1. The van der Waals surface area contributed by atoms with Crippen LogP contribution in [0.5, 0.6) is 0 Å². The molecule has 1 saturated carbocycles. The van der Waals surface area contributed by atoms with E-state index in [0.29, 0.717) is 17.5 Å². The highest BCUT2D eigenvalue weighted by Crippen LogP contribution is 2.39. The van der Waals surface area contributed by atoms with Crippen LogP contribution in [0.3, 0.4) is 0 Å². The van der Waals surface area contributed by atoms with E-state index in [2.05, 4.69) is 10.3 Å². The van der Waals surface area contributed by atoms with Crippen LogP contribution in [0.1, 0.15) is 32.1 Å². The molecule has 1 amide bonds. The van der Waals surface area contributed by atoms with Crippen LogP contribution in [0.25, 0.3) is 0 Å². The van der Waals surface area contributed by atoms with Crippen molar-refractivity contribution < 1.29 is 14.7 Å². The Balaban J connectivity index is 1.68. The number of hydrogen-bond acceptors (Lipinski definition) is 5. The fourth-order valence-corrected chi connectivity index (χ4v) is 4.18. The van der Waals surface area contributed by atoms with E-state index >= 15 is 0 Å². The molecular formula is C14H19N3O3S. The summed E-state index contributed by atoms with van der Waals surface area (Å²) in [7, 11) is 0. The van der Waals surface area contributed by atoms with Gasteiger partial charge in [-0.3, -0.25) is 14.5 Å². The molecule has 0 spiro atoms. The zero-order chi connectivity index (χ0) is 14.8. The number of thiazole rings is 1. The second-order valence-corrected chi connectivity index (χ2v) is 6.65. The molecule has 0 bridgehead atoms. The van der Waals surface area contributed by atoms with Crippen molar-refractivity contribution in [3.8, 4) is 0 Å². The van der Waals surface area contributed by atoms with Crippen molar-refractivity contribution in [3.63, 3.8) is 0 Å². The Morgan fingerprint density at radius 3 is 2.95 bits per heavy atom. The Morgan fingerprint density at radius 2 is 2.24 bits per heavy atom. The predicted molar refractivity (Wildman–Crippen MR) is 79.2 cm³/mol. The number of rotatable bonds is 4. The van der Waals surface area contributed by atoms with Crippen LogP contribution >= 0.6 is 11.3 Å². The molecule has 0 unspecified atom stereocenters. The number of carboxylic acids is 1. The standard InChI is InChI=1S/C14H19N3O3S/c18-12(16-14-15-5-6-21-14)8-17-10-4-2-1-3-9(10)7-11(17)13(19)20/h5-6,9-11H,1-4,7-8H2,(H,19,20)(H,15,16,18)/t9-,10-,11+/m1/s1. The number of fused-ring (bicyclic) bond motifs is 1. The molecule has 1 aliphatic carbocycles. The quantitative estimate of drug-likeness (QED) is 0.886. The zero-order valence-electron chi connectivity index (χ0n) is 11.7. The molecule has 2 heterocycles. The van der Waals surface area contributed by atoms with Gasteiger partial charge in [-0.05, 0) is 25.2 Å². The highest BCUT2D eigenvalue weighted by molar-refractivity contribution is 7.13. The maximum absolute atomic E-state index is 12.1. The average molecular weight is 309 g/mol. The predicted octanol–water partition coefficient (Wildman–Crippen LogP) is 1.80. The number of anilines is 1. The molecule has 2 aliphatic rings. The van der Waals surface area contributed by atoms with E-state index in [9.17, 15) is 14.7 Å². The van der Waals surface area contributed by atoms with Gasteiger partial charge in [0.1, 0.15) is 6.04 Å². The maximum Gasteiger partial charge on any atom is 0.320 e. The lowest BCUT2D eigenvalue weighted by molar-refractivity contribution is -0.143. The van der Waals surface area contributed by atoms with Crippen molar-refractivity contribution >= 4 is 28.3 Å². The van der Waals surface area contributed by atoms with E-state index in [0.717, 1.165) is 19.3 Å². The fourth-order valence-electron chi connectivity index (χ4n) is 3.63. The second-order valence-electron chi connectivity index (χ2n) is 5.76. The van der Waals surface area contributed by atoms with Crippen molar-refractivity contribution in [1.29, 1.82) is 0 Å². The molecule has 21 heavy (non-hydrogen) atoms. The molecule has 2 N–H and O–H groups in total. The van der Waals surface area contributed by atoms with E-state index in [1.165, 1.54) is 17.8 Å². The number of likely N-dealkylation sites (tertiary alicyclic amines) is 1. The summed E-state index contributed by atoms with van der Waals surface area (Å²) in [5.74, 6) is -0.568. The van der Waals surface area contributed by atoms with Gasteiger partial charge in [-0.2, -0.15) is 0 Å². The molecule has 3 rings (SSSR count). The van der Waals surface area contributed by atoms with Gasteiger partial charge >= 0.3 is 5.97 Å². The number of carbonyl (C=O) groups excluding carboxylic acids is 1. The summed E-state index contributed by atoms with van der Waals surface area (Å²) in [5, 5.41) is 14.5. The number of nitrogens with one attached hydrogen (secondary N) is 1. The average Bonchev–Trinajstić information content (AvgIpc) is 3.07. The van der Waals surface area contributed by atoms with Gasteiger partial charge < -0.3 is 10.4 Å². The van der Waals surface area contributed by atoms with Crippen LogP contribution in [-0.4, -0.2) is 45.5 Å². The third-order valence-corrected chi connectivity index (χ3v) is 5.20. The molecular weight excluding hydrogens is 290 g/mol. The van der Waals surface area contributed by atoms with Crippen LogP contribution in [0.15, 0.2) is 11.6 Å². The summed E-state index contributed by atoms with van der Waals surface area (Å²) < 4.78 is 0. The highest BCUT2D eigenvalue weighted by atomic mass is 32.1. The SMILES string of the molecule is O=C(CN1[C@@H]2CCCC[C@@H]2C[C@H]1C(=O)O)Nc1nccs1. The first kappa shape index (κ1) is 14.5. The topological polar surface area (TPSA) is 82.5 Å². The van der Waals surface area contributed by atoms with Crippen molar-refractivity contribution in [2.75, 3.05) is 11.9 Å². The zero-order valence-corrected chi connectivity index (χ0v) is 12.5. The van der Waals surface area contributed by atoms with Gasteiger partial charge in [0.15, 0.2) is 5.13 Å². The molecule has 6 nitrogen and oxygen atoms in total. The third kappa shape index (κ3) is 3.08. The van der Waals surface area contributed by atoms with Gasteiger partial charge in [-0.15, -0.1) is 11.3 Å². The third-order valence-electron chi connectivity index (χ3n) is 4.51. The van der Waals surface area contributed by atoms with Gasteiger partial charge in [0.2, 0.25) is 5.91 Å². The maximum atomic E-state index is 12.1. The Morgan fingerprint density at radius 1 is 1.43 bits per heavy atom. The Labute approximate surface area is 127 Å². The number of aromatic nitrogens is 1. The molecule has 1 aromatic rings. The highest BCUT2D eigenvalue weighted by Gasteiger charge is 2.45. The van der Waals surface area contributed by atoms with Gasteiger partial charge in [0.05, 0.1) is 6.54 Å². The van der Waals surface area contributed by atoms with Gasteiger partial charge in [-0.1, -0.05) is 12.8 Å². The molecule has 114 valence electrons. The molecule has 1 aromatic heterocycles. The fraction of sp³-hybridized carbons (Fsp3) is 0.643. The Bertz CT molecular complexity index is 520. The number of amides is 1. The lowest BCUT2D eigenvalue weighted by atomic mass is 9.85. The summed E-state index contributed by atoms with van der Waals surface area (Å²) in [6, 6.07) is -0.290. The van der Waals surface area contributed by atoms with Crippen LogP contribution in [0.4, 0.5) is 5.13 Å². The molecule has 2 fully saturated rings. The lowest BCUT2D eigenvalue weighted by Crippen LogP contribution is -2.46. The van der Waals surface area contributed by atoms with E-state index in [1.54, 1.807) is 11.6 Å². The largest absolute Gasteiger partial charge is 0.480 e. The van der Waals surface area contributed by atoms with Crippen LogP contribution < -0.4 is 5.32 Å². The van der Waals surface area contributed by atoms with Gasteiger partial charge in [0.25, 0.3) is 0 Å². The lowest BCUT2D eigenvalue weighted by Gasteiger charge is -2.32. The minimum atomic E-state index is -0.813. The Kier molecular flexibility index (Phi) is 4.21. The molecule has 0 aromatic carbocycles. The van der Waals surface area contributed by atoms with Crippen molar-refractivity contribution in [1.82, 2.24) is 9.88 Å². The van der Waals surface area contributed by atoms with Crippen molar-refractivity contribution in [2.24, 2.45) is 5.92 Å². The van der Waals surface area contributed by atoms with E-state index in [4.69, 9.17) is 0 Å². The summed E-state index contributed by atoms with van der Waals surface area (Å²) in [4.78, 5) is 29.5. The normalized spacial score (nSPS) is 29.0. The molecule has 1 saturated heterocycles. The first-order valence-electron chi connectivity index (χ1n) is 7.33. The first-order chi connectivity index (χ1) is 10.1. The van der Waals surface area contributed by atoms with E-state index in [-0.39, 0.29) is 18.5 Å². The summed E-state index contributed by atoms with van der Waals surface area (Å²) >= 11 is 1.36. The van der Waals surface area contributed by atoms with E-state index in [1.807, 2.05) is 4.90 Å². The van der Waals surface area contributed by atoms with E-state index < -0.39 is 12.0 Å². The van der Waals surface area contributed by atoms with Crippen LogP contribution in [-0.2, 0) is 9.59 Å². The molecule has 1 aliphatic heterocycles. The van der Waals surface area contributed by atoms with Crippen LogP contribution in [0, 0.1) is 5.92 Å². The number of carbonyl (C=O) groups is 2. The summed E-state index contributed by atoms with van der Waals surface area (Å²) in [6.45, 7) is 0.137. The molecule has 7 heteroatoms. The second kappa shape index (κ2) is 6.11. The smallest absolute Gasteiger partial charge is 0.320 e. The Hall–Kier alpha value is -1.47. The molecule has 3 atom stereocenters. The first-order valence-corrected chi connectivity index (χ1v) is 8.21. The monoisotopic (exact) mass is 309 g/mol. The minimum Gasteiger partial charge on any atom is -0.480 e. The summed E-state index contributed by atoms with van der Waals surface area (Å²) in [5.41, 5.74) is 0. The van der Waals surface area contributed by atoms with Crippen LogP contribution in [0.2, 0.25) is 0 Å². The van der Waals surface area contributed by atoms with Gasteiger partial charge in [0, 0.05) is 17.6 Å². The number of hydrogen-bond donors (Lipinski definition) is 2. The number of carboxylic acid groups (broad SMARTS) is 1. The molecule has 0 radical (unpaired) electrons. The number of nitrogens with zero attached hydrogens (tertiary/aromatic N) is 2. The van der Waals surface area contributed by atoms with Crippen molar-refractivity contribution in [2.45, 2.75) is 44.2 Å². The minimum absolute atomic E-state index is 0.137. The van der Waals surface area contributed by atoms with Crippen molar-refractivity contribution in [3.05, 3.63) is 11.6 Å². The summed E-state index contributed by atoms with van der Waals surface area (Å²) in [6.07, 6.45) is 6.68.